The maximum absolute atomic E-state index is 3.96. The molecule has 3 aliphatic heterocycles. The number of nitrogens with one attached hydrogen (secondary N) is 1. The predicted molar refractivity (Wildman–Crippen MR) is 42.3 cm³/mol. The number of hydrogen-bond acceptors (Lipinski definition) is 3. The Morgan fingerprint density at radius 1 is 1.45 bits per heavy atom. The van der Waals surface area contributed by atoms with E-state index in [4.69, 9.17) is 0 Å². The van der Waals surface area contributed by atoms with Crippen molar-refractivity contribution < 1.29 is 0 Å². The van der Waals surface area contributed by atoms with Gasteiger partial charge in [0.05, 0.1) is 0 Å². The van der Waals surface area contributed by atoms with E-state index < -0.39 is 0 Å². The van der Waals surface area contributed by atoms with Gasteiger partial charge in [0.2, 0.25) is 0 Å². The van der Waals surface area contributed by atoms with E-state index in [1.165, 1.54) is 11.3 Å². The monoisotopic (exact) mass is 145 g/mol. The highest BCUT2D eigenvalue weighted by molar-refractivity contribution is 5.67. The first-order chi connectivity index (χ1) is 5.43. The second-order valence-corrected chi connectivity index (χ2v) is 2.83. The van der Waals surface area contributed by atoms with Crippen LogP contribution in [0.25, 0.3) is 0 Å². The van der Waals surface area contributed by atoms with Crippen LogP contribution < -0.4 is 5.43 Å². The van der Waals surface area contributed by atoms with Gasteiger partial charge in [-0.25, -0.2) is 0 Å². The molecule has 0 fully saturated rings. The molecule has 0 radical (unpaired) electrons. The van der Waals surface area contributed by atoms with Crippen molar-refractivity contribution in [3.05, 3.63) is 35.3 Å². The third-order valence-corrected chi connectivity index (χ3v) is 2.11. The molecule has 54 valence electrons. The summed E-state index contributed by atoms with van der Waals surface area (Å²) < 4.78 is 0. The third kappa shape index (κ3) is 0.550. The Balaban J connectivity index is 2.14. The molecule has 3 nitrogen and oxygen atoms in total. The normalized spacial score (nSPS) is 24.0. The van der Waals surface area contributed by atoms with Gasteiger partial charge in [0, 0.05) is 12.1 Å². The average Bonchev–Trinajstić information content (AvgIpc) is 2.23. The fourth-order valence-corrected chi connectivity index (χ4v) is 1.46. The van der Waals surface area contributed by atoms with Crippen LogP contribution in [0.3, 0.4) is 0 Å². The summed E-state index contributed by atoms with van der Waals surface area (Å²) in [6, 6.07) is 0. The molecule has 4 rings (SSSR count). The quantitative estimate of drug-likeness (QED) is 0.548. The number of rotatable bonds is 0. The van der Waals surface area contributed by atoms with E-state index in [0.29, 0.717) is 0 Å². The summed E-state index contributed by atoms with van der Waals surface area (Å²) in [4.78, 5) is 2.08. The van der Waals surface area contributed by atoms with Crippen molar-refractivity contribution in [3.8, 4) is 0 Å². The molecule has 0 spiro atoms. The Bertz CT molecular complexity index is 333. The van der Waals surface area contributed by atoms with Crippen molar-refractivity contribution in [1.29, 1.82) is 0 Å². The lowest BCUT2D eigenvalue weighted by molar-refractivity contribution is 0.599. The second-order valence-electron chi connectivity index (χ2n) is 2.83. The zero-order chi connectivity index (χ0) is 7.26. The number of hydrazone groups is 1. The molecule has 11 heavy (non-hydrogen) atoms. The molecule has 0 atom stereocenters. The van der Waals surface area contributed by atoms with Crippen LogP contribution in [0.15, 0.2) is 40.4 Å². The molecule has 0 aromatic heterocycles. The number of fused-ring (bicyclic) bond motifs is 1. The predicted octanol–water partition coefficient (Wildman–Crippen LogP) is 0.904. The van der Waals surface area contributed by atoms with Gasteiger partial charge in [-0.2, -0.15) is 5.10 Å². The molecule has 0 saturated heterocycles. The summed E-state index contributed by atoms with van der Waals surface area (Å²) in [5.41, 5.74) is 5.65. The standard InChI is InChI=1S/C8H7N3/c1-2-8-10-9-5-11(8)7-3-6(1)4-7/h1-3,5,10H,4H2. The lowest BCUT2D eigenvalue weighted by atomic mass is 9.99. The summed E-state index contributed by atoms with van der Waals surface area (Å²) in [6.45, 7) is 0. The summed E-state index contributed by atoms with van der Waals surface area (Å²) in [5, 5.41) is 3.96. The van der Waals surface area contributed by atoms with E-state index >= 15 is 0 Å². The van der Waals surface area contributed by atoms with Crippen LogP contribution in [-0.2, 0) is 0 Å². The maximum atomic E-state index is 3.96. The van der Waals surface area contributed by atoms with E-state index in [-0.39, 0.29) is 0 Å². The van der Waals surface area contributed by atoms with Gasteiger partial charge < -0.3 is 0 Å². The molecule has 3 heteroatoms. The first-order valence-electron chi connectivity index (χ1n) is 3.63. The Morgan fingerprint density at radius 2 is 2.36 bits per heavy atom. The molecule has 0 aromatic rings. The van der Waals surface area contributed by atoms with Gasteiger partial charge in [-0.05, 0) is 17.7 Å². The van der Waals surface area contributed by atoms with Crippen LogP contribution in [0.1, 0.15) is 6.42 Å². The largest absolute Gasteiger partial charge is 0.288 e. The summed E-state index contributed by atoms with van der Waals surface area (Å²) in [6.07, 6.45) is 9.25. The van der Waals surface area contributed by atoms with Crippen LogP contribution in [0.5, 0.6) is 0 Å². The van der Waals surface area contributed by atoms with Crippen molar-refractivity contribution >= 4 is 6.34 Å². The van der Waals surface area contributed by atoms with Gasteiger partial charge in [-0.3, -0.25) is 10.3 Å². The molecule has 3 heterocycles. The topological polar surface area (TPSA) is 27.6 Å². The Morgan fingerprint density at radius 3 is 3.27 bits per heavy atom. The molecule has 4 aliphatic rings. The fraction of sp³-hybridized carbons (Fsp3) is 0.125. The molecule has 0 amide bonds. The SMILES string of the molecule is C1=NNC2=CC=C3C=C(C3)N12. The Labute approximate surface area is 64.4 Å². The molecule has 1 N–H and O–H groups in total. The van der Waals surface area contributed by atoms with E-state index in [2.05, 4.69) is 33.7 Å². The maximum Gasteiger partial charge on any atom is 0.132 e. The van der Waals surface area contributed by atoms with Gasteiger partial charge in [0.25, 0.3) is 0 Å². The first kappa shape index (κ1) is 5.18. The smallest absolute Gasteiger partial charge is 0.132 e. The van der Waals surface area contributed by atoms with Crippen molar-refractivity contribution in [2.24, 2.45) is 5.10 Å². The highest BCUT2D eigenvalue weighted by Crippen LogP contribution is 2.33. The average molecular weight is 145 g/mol. The minimum Gasteiger partial charge on any atom is -0.288 e. The zero-order valence-electron chi connectivity index (χ0n) is 5.91. The lowest BCUT2D eigenvalue weighted by Gasteiger charge is -2.23. The number of hydrogen-bond donors (Lipinski definition) is 1. The summed E-state index contributed by atoms with van der Waals surface area (Å²) >= 11 is 0. The minimum atomic E-state index is 1.06. The van der Waals surface area contributed by atoms with Crippen LogP contribution in [0.2, 0.25) is 0 Å². The van der Waals surface area contributed by atoms with Gasteiger partial charge in [-0.1, -0.05) is 6.08 Å². The van der Waals surface area contributed by atoms with E-state index in [1.807, 2.05) is 6.34 Å². The zero-order valence-corrected chi connectivity index (χ0v) is 5.91. The number of allylic oxidation sites excluding steroid dienone is 4. The van der Waals surface area contributed by atoms with Crippen molar-refractivity contribution in [3.63, 3.8) is 0 Å². The second kappa shape index (κ2) is 1.56. The van der Waals surface area contributed by atoms with E-state index in [1.54, 1.807) is 0 Å². The van der Waals surface area contributed by atoms with Crippen molar-refractivity contribution in [2.75, 3.05) is 0 Å². The van der Waals surface area contributed by atoms with Crippen LogP contribution >= 0.6 is 0 Å². The summed E-state index contributed by atoms with van der Waals surface area (Å²) in [7, 11) is 0. The Kier molecular flexibility index (Phi) is 0.733. The van der Waals surface area contributed by atoms with Crippen LogP contribution in [0, 0.1) is 0 Å². The molecular weight excluding hydrogens is 138 g/mol. The molecule has 0 saturated carbocycles. The van der Waals surface area contributed by atoms with Gasteiger partial charge in [-0.15, -0.1) is 0 Å². The van der Waals surface area contributed by atoms with Crippen LogP contribution in [-0.4, -0.2) is 11.2 Å². The molecule has 1 aliphatic carbocycles. The van der Waals surface area contributed by atoms with E-state index in [9.17, 15) is 0 Å². The third-order valence-electron chi connectivity index (χ3n) is 2.11. The molecular formula is C8H7N3. The summed E-state index contributed by atoms with van der Waals surface area (Å²) in [5.74, 6) is 1.06. The van der Waals surface area contributed by atoms with E-state index in [0.717, 1.165) is 12.2 Å². The number of nitrogens with zero attached hydrogens (tertiary/aromatic N) is 2. The molecule has 2 bridgehead atoms. The highest BCUT2D eigenvalue weighted by Gasteiger charge is 2.24. The molecule has 0 unspecified atom stereocenters. The van der Waals surface area contributed by atoms with Crippen LogP contribution in [0.4, 0.5) is 0 Å². The fourth-order valence-electron chi connectivity index (χ4n) is 1.46. The van der Waals surface area contributed by atoms with Gasteiger partial charge in [0.15, 0.2) is 0 Å². The van der Waals surface area contributed by atoms with Gasteiger partial charge in [0.1, 0.15) is 12.2 Å². The van der Waals surface area contributed by atoms with Gasteiger partial charge >= 0.3 is 0 Å². The lowest BCUT2D eigenvalue weighted by Crippen LogP contribution is -2.22. The first-order valence-corrected chi connectivity index (χ1v) is 3.63. The minimum absolute atomic E-state index is 1.06. The van der Waals surface area contributed by atoms with Crippen molar-refractivity contribution in [1.82, 2.24) is 10.3 Å². The highest BCUT2D eigenvalue weighted by atomic mass is 15.5. The molecule has 0 aromatic carbocycles. The Hall–Kier alpha value is -1.51. The van der Waals surface area contributed by atoms with Crippen molar-refractivity contribution in [2.45, 2.75) is 6.42 Å².